The zero-order valence-electron chi connectivity index (χ0n) is 12.2. The fourth-order valence-electron chi connectivity index (χ4n) is 5.81. The summed E-state index contributed by atoms with van der Waals surface area (Å²) in [5, 5.41) is 0. The van der Waals surface area contributed by atoms with Gasteiger partial charge in [0, 0.05) is 37.6 Å². The molecule has 1 aliphatic heterocycles. The minimum atomic E-state index is 0.630. The third kappa shape index (κ3) is 2.20. The molecule has 1 saturated heterocycles. The van der Waals surface area contributed by atoms with Crippen molar-refractivity contribution in [3.05, 3.63) is 0 Å². The van der Waals surface area contributed by atoms with Crippen molar-refractivity contribution in [2.24, 2.45) is 23.2 Å². The summed E-state index contributed by atoms with van der Waals surface area (Å²) in [5.74, 6) is 3.14. The van der Waals surface area contributed by atoms with Crippen molar-refractivity contribution in [2.75, 3.05) is 39.8 Å². The minimum Gasteiger partial charge on any atom is -0.304 e. The van der Waals surface area contributed by atoms with Gasteiger partial charge >= 0.3 is 0 Å². The third-order valence-corrected chi connectivity index (χ3v) is 8.18. The largest absolute Gasteiger partial charge is 0.304 e. The number of hydrogen-bond donors (Lipinski definition) is 0. The average molecular weight is 327 g/mol. The lowest BCUT2D eigenvalue weighted by atomic mass is 9.49. The molecule has 0 amide bonds. The zero-order chi connectivity index (χ0) is 13.0. The van der Waals surface area contributed by atoms with Gasteiger partial charge in [0.25, 0.3) is 0 Å². The van der Waals surface area contributed by atoms with Crippen LogP contribution in [-0.2, 0) is 0 Å². The summed E-state index contributed by atoms with van der Waals surface area (Å²) < 4.78 is 0. The number of piperazine rings is 1. The highest BCUT2D eigenvalue weighted by Gasteiger charge is 2.56. The molecule has 0 N–H and O–H groups in total. The van der Waals surface area contributed by atoms with Crippen molar-refractivity contribution in [3.63, 3.8) is 0 Å². The van der Waals surface area contributed by atoms with Crippen molar-refractivity contribution < 1.29 is 0 Å². The van der Waals surface area contributed by atoms with Gasteiger partial charge in [-0.15, -0.1) is 0 Å². The summed E-state index contributed by atoms with van der Waals surface area (Å²) in [6, 6.07) is 0. The molecule has 5 fully saturated rings. The van der Waals surface area contributed by atoms with Crippen molar-refractivity contribution in [2.45, 2.75) is 36.9 Å². The predicted octanol–water partition coefficient (Wildman–Crippen LogP) is 2.82. The van der Waals surface area contributed by atoms with Gasteiger partial charge in [-0.25, -0.2) is 0 Å². The van der Waals surface area contributed by atoms with Gasteiger partial charge < -0.3 is 9.80 Å². The molecular formula is C16H27BrN2. The second-order valence-electron chi connectivity index (χ2n) is 7.95. The number of hydrogen-bond acceptors (Lipinski definition) is 2. The van der Waals surface area contributed by atoms with E-state index in [1.807, 2.05) is 0 Å². The lowest BCUT2D eigenvalue weighted by Gasteiger charge is -2.61. The molecule has 108 valence electrons. The molecule has 4 aliphatic carbocycles. The van der Waals surface area contributed by atoms with E-state index in [2.05, 4.69) is 32.8 Å². The molecule has 4 bridgehead atoms. The topological polar surface area (TPSA) is 6.48 Å². The molecule has 0 radical (unpaired) electrons. The van der Waals surface area contributed by atoms with E-state index in [0.29, 0.717) is 5.41 Å². The normalized spacial score (nSPS) is 50.8. The Balaban J connectivity index is 1.49. The van der Waals surface area contributed by atoms with Crippen LogP contribution in [0.5, 0.6) is 0 Å². The first-order chi connectivity index (χ1) is 9.14. The fourth-order valence-corrected chi connectivity index (χ4v) is 6.76. The summed E-state index contributed by atoms with van der Waals surface area (Å²) >= 11 is 4.14. The van der Waals surface area contributed by atoms with Crippen LogP contribution in [-0.4, -0.2) is 54.4 Å². The molecule has 5 aliphatic rings. The van der Waals surface area contributed by atoms with E-state index in [4.69, 9.17) is 0 Å². The summed E-state index contributed by atoms with van der Waals surface area (Å²) in [4.78, 5) is 6.05. The molecular weight excluding hydrogens is 300 g/mol. The Hall–Kier alpha value is 0.400. The average Bonchev–Trinajstić information content (AvgIpc) is 2.38. The Labute approximate surface area is 126 Å². The first kappa shape index (κ1) is 13.1. The quantitative estimate of drug-likeness (QED) is 0.720. The molecule has 3 atom stereocenters. The first-order valence-corrected chi connectivity index (χ1v) is 9.11. The van der Waals surface area contributed by atoms with E-state index in [-0.39, 0.29) is 0 Å². The highest BCUT2D eigenvalue weighted by molar-refractivity contribution is 9.09. The van der Waals surface area contributed by atoms with E-state index in [1.54, 1.807) is 6.42 Å². The maximum Gasteiger partial charge on any atom is 0.0243 e. The van der Waals surface area contributed by atoms with Crippen LogP contribution < -0.4 is 0 Å². The van der Waals surface area contributed by atoms with Gasteiger partial charge in [-0.2, -0.15) is 0 Å². The van der Waals surface area contributed by atoms with Gasteiger partial charge in [0.15, 0.2) is 0 Å². The number of rotatable bonds is 2. The Bertz CT molecular complexity index is 337. The van der Waals surface area contributed by atoms with Crippen LogP contribution in [0.25, 0.3) is 0 Å². The van der Waals surface area contributed by atoms with Crippen LogP contribution in [0.1, 0.15) is 32.1 Å². The number of nitrogens with zero attached hydrogens (tertiary/aromatic N) is 2. The maximum atomic E-state index is 4.14. The van der Waals surface area contributed by atoms with Gasteiger partial charge in [-0.1, -0.05) is 15.9 Å². The van der Waals surface area contributed by atoms with E-state index in [1.165, 1.54) is 58.4 Å². The predicted molar refractivity (Wildman–Crippen MR) is 82.6 cm³/mol. The molecule has 5 rings (SSSR count). The summed E-state index contributed by atoms with van der Waals surface area (Å²) in [6.45, 7) is 6.48. The third-order valence-electron chi connectivity index (χ3n) is 6.46. The SMILES string of the molecule is CN1CCN(CC23C[C@H]4CC(C[C@@H](C4)C2)[C@@H]3Br)CC1. The molecule has 19 heavy (non-hydrogen) atoms. The Kier molecular flexibility index (Phi) is 3.24. The molecule has 0 spiro atoms. The Morgan fingerprint density at radius 2 is 1.63 bits per heavy atom. The zero-order valence-corrected chi connectivity index (χ0v) is 13.7. The highest BCUT2D eigenvalue weighted by atomic mass is 79.9. The second-order valence-corrected chi connectivity index (χ2v) is 8.94. The molecule has 0 unspecified atom stereocenters. The summed E-state index contributed by atoms with van der Waals surface area (Å²) in [5.41, 5.74) is 0.630. The Morgan fingerprint density at radius 3 is 2.26 bits per heavy atom. The van der Waals surface area contributed by atoms with E-state index < -0.39 is 0 Å². The van der Waals surface area contributed by atoms with Crippen molar-refractivity contribution in [1.82, 2.24) is 9.80 Å². The van der Waals surface area contributed by atoms with Crippen molar-refractivity contribution in [1.29, 1.82) is 0 Å². The van der Waals surface area contributed by atoms with Gasteiger partial charge in [-0.05, 0) is 62.3 Å². The fraction of sp³-hybridized carbons (Fsp3) is 1.00. The number of likely N-dealkylation sites (N-methyl/N-ethyl adjacent to an activating group) is 1. The smallest absolute Gasteiger partial charge is 0.0243 e. The number of halogens is 1. The van der Waals surface area contributed by atoms with Crippen LogP contribution >= 0.6 is 15.9 Å². The lowest BCUT2D eigenvalue weighted by Crippen LogP contribution is -2.59. The summed E-state index contributed by atoms with van der Waals surface area (Å²) in [7, 11) is 2.26. The van der Waals surface area contributed by atoms with Gasteiger partial charge in [-0.3, -0.25) is 0 Å². The van der Waals surface area contributed by atoms with E-state index >= 15 is 0 Å². The molecule has 3 heteroatoms. The first-order valence-electron chi connectivity index (χ1n) is 8.20. The lowest BCUT2D eigenvalue weighted by molar-refractivity contribution is -0.0641. The van der Waals surface area contributed by atoms with Gasteiger partial charge in [0.2, 0.25) is 0 Å². The van der Waals surface area contributed by atoms with Crippen LogP contribution in [0, 0.1) is 23.2 Å². The van der Waals surface area contributed by atoms with Crippen molar-refractivity contribution >= 4 is 15.9 Å². The maximum absolute atomic E-state index is 4.14. The van der Waals surface area contributed by atoms with Crippen LogP contribution in [0.3, 0.4) is 0 Å². The molecule has 1 heterocycles. The van der Waals surface area contributed by atoms with Gasteiger partial charge in [0.05, 0.1) is 0 Å². The van der Waals surface area contributed by atoms with Crippen LogP contribution in [0.4, 0.5) is 0 Å². The van der Waals surface area contributed by atoms with E-state index in [9.17, 15) is 0 Å². The minimum absolute atomic E-state index is 0.630. The molecule has 0 aromatic rings. The van der Waals surface area contributed by atoms with Crippen LogP contribution in [0.15, 0.2) is 0 Å². The molecule has 2 nitrogen and oxygen atoms in total. The molecule has 4 saturated carbocycles. The highest BCUT2D eigenvalue weighted by Crippen LogP contribution is 2.62. The second kappa shape index (κ2) is 4.71. The Morgan fingerprint density at radius 1 is 1.00 bits per heavy atom. The standard InChI is InChI=1S/C16H27BrN2/c1-18-2-4-19(5-3-18)11-16-9-12-6-13(10-16)8-14(7-12)15(16)17/h12-15H,2-11H2,1H3/t12-,13-,14?,15+,16?/m1/s1. The van der Waals surface area contributed by atoms with Gasteiger partial charge in [0.1, 0.15) is 0 Å². The van der Waals surface area contributed by atoms with Crippen molar-refractivity contribution in [3.8, 4) is 0 Å². The van der Waals surface area contributed by atoms with Crippen LogP contribution in [0.2, 0.25) is 0 Å². The van der Waals surface area contributed by atoms with E-state index in [0.717, 1.165) is 22.6 Å². The molecule has 0 aromatic carbocycles. The summed E-state index contributed by atoms with van der Waals surface area (Å²) in [6.07, 6.45) is 7.64. The number of alkyl halides is 1. The molecule has 0 aromatic heterocycles. The monoisotopic (exact) mass is 326 g/mol.